The van der Waals surface area contributed by atoms with Crippen molar-refractivity contribution in [3.8, 4) is 11.1 Å². The molecular weight excluding hydrogens is 448 g/mol. The molecule has 0 radical (unpaired) electrons. The number of aromatic nitrogens is 1. The predicted octanol–water partition coefficient (Wildman–Crippen LogP) is 4.12. The van der Waals surface area contributed by atoms with Gasteiger partial charge in [-0.25, -0.2) is 4.98 Å². The minimum Gasteiger partial charge on any atom is -0.464 e. The van der Waals surface area contributed by atoms with Gasteiger partial charge in [-0.2, -0.15) is 0 Å². The molecule has 0 N–H and O–H groups in total. The van der Waals surface area contributed by atoms with E-state index in [0.29, 0.717) is 31.1 Å². The number of thiazole rings is 1. The third-order valence-corrected chi connectivity index (χ3v) is 7.55. The highest BCUT2D eigenvalue weighted by atomic mass is 32.1. The molecule has 34 heavy (non-hydrogen) atoms. The van der Waals surface area contributed by atoms with Crippen LogP contribution in [0.5, 0.6) is 0 Å². The summed E-state index contributed by atoms with van der Waals surface area (Å²) in [5.41, 5.74) is 3.82. The molecule has 2 aromatic heterocycles. The van der Waals surface area contributed by atoms with Crippen molar-refractivity contribution in [2.45, 2.75) is 12.5 Å². The van der Waals surface area contributed by atoms with E-state index in [2.05, 4.69) is 22.0 Å². The van der Waals surface area contributed by atoms with E-state index in [1.165, 1.54) is 11.3 Å². The van der Waals surface area contributed by atoms with Crippen LogP contribution in [-0.2, 0) is 4.79 Å². The minimum atomic E-state index is 0.00201. The highest BCUT2D eigenvalue weighted by molar-refractivity contribution is 7.11. The van der Waals surface area contributed by atoms with Gasteiger partial charge in [0.1, 0.15) is 5.58 Å². The fourth-order valence-electron chi connectivity index (χ4n) is 5.00. The molecule has 0 bridgehead atoms. The molecule has 172 valence electrons. The molecule has 0 saturated carbocycles. The molecule has 2 saturated heterocycles. The Morgan fingerprint density at radius 3 is 2.74 bits per heavy atom. The molecule has 1 atom stereocenters. The number of rotatable bonds is 4. The lowest BCUT2D eigenvalue weighted by Gasteiger charge is -2.37. The minimum absolute atomic E-state index is 0.00201. The number of furan rings is 1. The molecule has 0 aliphatic carbocycles. The fraction of sp³-hybridized carbons (Fsp3) is 0.269. The van der Waals surface area contributed by atoms with Crippen molar-refractivity contribution in [3.05, 3.63) is 71.4 Å². The molecule has 0 spiro atoms. The maximum Gasteiger partial charge on any atom is 0.282 e. The highest BCUT2D eigenvalue weighted by Crippen LogP contribution is 2.33. The summed E-state index contributed by atoms with van der Waals surface area (Å²) in [6, 6.07) is 16.3. The summed E-state index contributed by atoms with van der Waals surface area (Å²) in [5.74, 6) is 0.141. The van der Waals surface area contributed by atoms with Gasteiger partial charge in [-0.15, -0.1) is 11.3 Å². The Hall–Kier alpha value is -3.49. The van der Waals surface area contributed by atoms with E-state index in [9.17, 15) is 9.59 Å². The Morgan fingerprint density at radius 2 is 1.91 bits per heavy atom. The molecule has 6 rings (SSSR count). The standard InChI is InChI=1S/C26H24N4O3S/c31-23-16-21(28-9-11-29(12-10-28)26(32)25-27-8-14-34-25)17-30(23)20-5-1-4-19(15-20)22-6-2-3-18-7-13-33-24(18)22/h1-8,13-15,21H,9-12,16-17H2. The van der Waals surface area contributed by atoms with E-state index in [1.54, 1.807) is 12.5 Å². The van der Waals surface area contributed by atoms with Gasteiger partial charge in [0, 0.05) is 73.4 Å². The van der Waals surface area contributed by atoms with Crippen molar-refractivity contribution in [3.63, 3.8) is 0 Å². The molecule has 1 unspecified atom stereocenters. The highest BCUT2D eigenvalue weighted by Gasteiger charge is 2.36. The first-order valence-electron chi connectivity index (χ1n) is 11.5. The molecule has 4 aromatic rings. The first-order valence-corrected chi connectivity index (χ1v) is 12.4. The second-order valence-electron chi connectivity index (χ2n) is 8.72. The van der Waals surface area contributed by atoms with Gasteiger partial charge in [-0.3, -0.25) is 14.5 Å². The van der Waals surface area contributed by atoms with Crippen molar-refractivity contribution in [1.82, 2.24) is 14.8 Å². The van der Waals surface area contributed by atoms with Gasteiger partial charge in [-0.1, -0.05) is 30.3 Å². The van der Waals surface area contributed by atoms with Gasteiger partial charge in [0.25, 0.3) is 5.91 Å². The molecule has 2 amide bonds. The normalized spacial score (nSPS) is 19.3. The lowest BCUT2D eigenvalue weighted by molar-refractivity contribution is -0.117. The topological polar surface area (TPSA) is 69.9 Å². The Kier molecular flexibility index (Phi) is 5.39. The van der Waals surface area contributed by atoms with Gasteiger partial charge in [0.15, 0.2) is 5.01 Å². The van der Waals surface area contributed by atoms with Gasteiger partial charge in [0.2, 0.25) is 5.91 Å². The second-order valence-corrected chi connectivity index (χ2v) is 9.62. The Morgan fingerprint density at radius 1 is 1.06 bits per heavy atom. The van der Waals surface area contributed by atoms with Crippen LogP contribution in [0.3, 0.4) is 0 Å². The summed E-state index contributed by atoms with van der Waals surface area (Å²) in [7, 11) is 0. The Labute approximate surface area is 201 Å². The largest absolute Gasteiger partial charge is 0.464 e. The summed E-state index contributed by atoms with van der Waals surface area (Å²) in [6.07, 6.45) is 3.87. The summed E-state index contributed by atoms with van der Waals surface area (Å²) in [6.45, 7) is 3.51. The first-order chi connectivity index (χ1) is 16.7. The third-order valence-electron chi connectivity index (χ3n) is 6.79. The maximum atomic E-state index is 13.0. The van der Waals surface area contributed by atoms with E-state index in [1.807, 2.05) is 51.6 Å². The summed E-state index contributed by atoms with van der Waals surface area (Å²) in [5, 5.41) is 3.43. The number of nitrogens with zero attached hydrogens (tertiary/aromatic N) is 4. The summed E-state index contributed by atoms with van der Waals surface area (Å²) in [4.78, 5) is 35.8. The monoisotopic (exact) mass is 472 g/mol. The van der Waals surface area contributed by atoms with Crippen molar-refractivity contribution in [1.29, 1.82) is 0 Å². The number of benzene rings is 2. The molecule has 2 fully saturated rings. The zero-order chi connectivity index (χ0) is 23.1. The Bertz CT molecular complexity index is 1340. The van der Waals surface area contributed by atoms with E-state index in [4.69, 9.17) is 4.42 Å². The molecule has 4 heterocycles. The average Bonchev–Trinajstić information content (AvgIpc) is 3.64. The number of fused-ring (bicyclic) bond motifs is 1. The van der Waals surface area contributed by atoms with E-state index >= 15 is 0 Å². The van der Waals surface area contributed by atoms with E-state index < -0.39 is 0 Å². The summed E-state index contributed by atoms with van der Waals surface area (Å²) < 4.78 is 5.72. The fourth-order valence-corrected chi connectivity index (χ4v) is 5.60. The Balaban J connectivity index is 1.15. The van der Waals surface area contributed by atoms with Crippen LogP contribution in [0.2, 0.25) is 0 Å². The van der Waals surface area contributed by atoms with Gasteiger partial charge in [-0.05, 0) is 23.8 Å². The quantitative estimate of drug-likeness (QED) is 0.447. The molecule has 2 aromatic carbocycles. The number of carbonyl (C=O) groups is 2. The van der Waals surface area contributed by atoms with E-state index in [-0.39, 0.29) is 17.9 Å². The maximum absolute atomic E-state index is 13.0. The van der Waals surface area contributed by atoms with Crippen LogP contribution >= 0.6 is 11.3 Å². The number of hydrogen-bond acceptors (Lipinski definition) is 6. The van der Waals surface area contributed by atoms with Crippen LogP contribution in [0.1, 0.15) is 16.2 Å². The van der Waals surface area contributed by atoms with Crippen LogP contribution in [-0.4, -0.2) is 65.4 Å². The molecule has 7 nitrogen and oxygen atoms in total. The summed E-state index contributed by atoms with van der Waals surface area (Å²) >= 11 is 1.38. The van der Waals surface area contributed by atoms with Crippen molar-refractivity contribution in [2.24, 2.45) is 0 Å². The van der Waals surface area contributed by atoms with Crippen LogP contribution in [0.4, 0.5) is 5.69 Å². The van der Waals surface area contributed by atoms with Crippen LogP contribution < -0.4 is 4.90 Å². The predicted molar refractivity (Wildman–Crippen MR) is 132 cm³/mol. The van der Waals surface area contributed by atoms with Gasteiger partial charge in [0.05, 0.1) is 6.26 Å². The number of carbonyl (C=O) groups excluding carboxylic acids is 2. The number of hydrogen-bond donors (Lipinski definition) is 0. The zero-order valence-corrected chi connectivity index (χ0v) is 19.4. The molecule has 2 aliphatic rings. The lowest BCUT2D eigenvalue weighted by Crippen LogP contribution is -2.52. The number of piperazine rings is 1. The molecule has 2 aliphatic heterocycles. The molecular formula is C26H24N4O3S. The molecule has 8 heteroatoms. The van der Waals surface area contributed by atoms with Crippen molar-refractivity contribution >= 4 is 39.8 Å². The number of para-hydroxylation sites is 1. The van der Waals surface area contributed by atoms with Crippen molar-refractivity contribution in [2.75, 3.05) is 37.6 Å². The lowest BCUT2D eigenvalue weighted by atomic mass is 10.0. The first kappa shape index (κ1) is 21.1. The smallest absolute Gasteiger partial charge is 0.282 e. The number of amides is 2. The van der Waals surface area contributed by atoms with Gasteiger partial charge >= 0.3 is 0 Å². The van der Waals surface area contributed by atoms with E-state index in [0.717, 1.165) is 40.9 Å². The van der Waals surface area contributed by atoms with Crippen LogP contribution in [0.15, 0.2) is 70.8 Å². The van der Waals surface area contributed by atoms with Crippen LogP contribution in [0.25, 0.3) is 22.1 Å². The second kappa shape index (κ2) is 8.70. The van der Waals surface area contributed by atoms with Crippen LogP contribution in [0, 0.1) is 0 Å². The SMILES string of the molecule is O=C(c1nccs1)N1CCN(C2CC(=O)N(c3cccc(-c4cccc5ccoc45)c3)C2)CC1. The van der Waals surface area contributed by atoms with Gasteiger partial charge < -0.3 is 14.2 Å². The zero-order valence-electron chi connectivity index (χ0n) is 18.6. The number of anilines is 1. The average molecular weight is 473 g/mol. The van der Waals surface area contributed by atoms with Crippen molar-refractivity contribution < 1.29 is 14.0 Å². The third kappa shape index (κ3) is 3.78.